The van der Waals surface area contributed by atoms with E-state index in [1.807, 2.05) is 6.92 Å². The van der Waals surface area contributed by atoms with Gasteiger partial charge in [-0.2, -0.15) is 0 Å². The van der Waals surface area contributed by atoms with Crippen LogP contribution in [-0.2, 0) is 16.1 Å². The largest absolute Gasteiger partial charge is 0.625 e. The topological polar surface area (TPSA) is 54.9 Å². The molecule has 58 valence electrons. The van der Waals surface area contributed by atoms with E-state index in [2.05, 4.69) is 14.7 Å². The van der Waals surface area contributed by atoms with Crippen molar-refractivity contribution in [1.82, 2.24) is 9.97 Å². The zero-order chi connectivity index (χ0) is 8.27. The van der Waals surface area contributed by atoms with Crippen molar-refractivity contribution < 1.29 is 4.21 Å². The molecule has 0 bridgehead atoms. The smallest absolute Gasteiger partial charge is 0.238 e. The molecular weight excluding hydrogens is 162 g/mol. The fourth-order valence-corrected chi connectivity index (χ4v) is 1.00. The molecule has 1 aromatic heterocycles. The molecule has 5 heteroatoms. The molecule has 1 rings (SSSR count). The Morgan fingerprint density at radius 1 is 1.45 bits per heavy atom. The number of nitrogens with zero attached hydrogens (tertiary/aromatic N) is 2. The van der Waals surface area contributed by atoms with Gasteiger partial charge in [-0.15, -0.1) is 0 Å². The minimum Gasteiger partial charge on any atom is -0.238 e. The molecule has 0 atom stereocenters. The van der Waals surface area contributed by atoms with Crippen LogP contribution in [0.3, 0.4) is 0 Å². The van der Waals surface area contributed by atoms with Gasteiger partial charge in [0.2, 0.25) is 0 Å². The molecule has 0 saturated heterocycles. The lowest BCUT2D eigenvalue weighted by molar-refractivity contribution is 0.607. The summed E-state index contributed by atoms with van der Waals surface area (Å²) in [6.45, 7) is 3.64. The summed E-state index contributed by atoms with van der Waals surface area (Å²) >= 11 is 0.282. The lowest BCUT2D eigenvalue weighted by Gasteiger charge is -1.94. The molecule has 0 aliphatic carbocycles. The normalized spacial score (nSPS) is 9.27. The number of aromatic nitrogens is 2. The van der Waals surface area contributed by atoms with E-state index < -0.39 is 0 Å². The van der Waals surface area contributed by atoms with E-state index in [0.29, 0.717) is 11.6 Å². The third-order valence-corrected chi connectivity index (χ3v) is 1.40. The van der Waals surface area contributed by atoms with Gasteiger partial charge in [0, 0.05) is 11.8 Å². The Morgan fingerprint density at radius 2 is 2.18 bits per heavy atom. The summed E-state index contributed by atoms with van der Waals surface area (Å²) in [5, 5.41) is 0. The highest BCUT2D eigenvalue weighted by molar-refractivity contribution is 7.67. The maximum Gasteiger partial charge on any atom is 0.625 e. The minimum absolute atomic E-state index is 0.282. The van der Waals surface area contributed by atoms with Crippen molar-refractivity contribution in [1.29, 1.82) is 0 Å². The van der Waals surface area contributed by atoms with E-state index in [-0.39, 0.29) is 11.9 Å². The van der Waals surface area contributed by atoms with Gasteiger partial charge in [0.1, 0.15) is 5.82 Å². The van der Waals surface area contributed by atoms with Gasteiger partial charge in [-0.1, -0.05) is 4.72 Å². The first kappa shape index (κ1) is 8.00. The van der Waals surface area contributed by atoms with E-state index in [9.17, 15) is 4.21 Å². The van der Waals surface area contributed by atoms with Gasteiger partial charge in [-0.25, -0.2) is 9.97 Å². The van der Waals surface area contributed by atoms with Crippen LogP contribution in [0.1, 0.15) is 11.5 Å². The van der Waals surface area contributed by atoms with Crippen LogP contribution in [-0.4, -0.2) is 9.97 Å². The van der Waals surface area contributed by atoms with Crippen molar-refractivity contribution in [3.8, 4) is 0 Å². The third-order valence-electron chi connectivity index (χ3n) is 1.11. The number of hydrogen-bond donors (Lipinski definition) is 1. The minimum atomic E-state index is 0.282. The molecule has 0 unspecified atom stereocenters. The number of anilines is 1. The number of aryl methyl sites for hydroxylation is 2. The van der Waals surface area contributed by atoms with Crippen LogP contribution in [0.4, 0.5) is 5.82 Å². The van der Waals surface area contributed by atoms with E-state index in [0.717, 1.165) is 5.69 Å². The SMILES string of the molecule is Cc1cc(N[S+]=O)nc(C)n1. The van der Waals surface area contributed by atoms with Gasteiger partial charge in [-0.3, -0.25) is 0 Å². The zero-order valence-electron chi connectivity index (χ0n) is 6.29. The van der Waals surface area contributed by atoms with Gasteiger partial charge in [0.05, 0.1) is 4.21 Å². The Labute approximate surface area is 68.7 Å². The quantitative estimate of drug-likeness (QED) is 0.528. The Morgan fingerprint density at radius 3 is 2.73 bits per heavy atom. The van der Waals surface area contributed by atoms with Gasteiger partial charge in [0.25, 0.3) is 0 Å². The van der Waals surface area contributed by atoms with Crippen LogP contribution in [0.15, 0.2) is 6.07 Å². The van der Waals surface area contributed by atoms with Crippen molar-refractivity contribution in [2.75, 3.05) is 4.72 Å². The van der Waals surface area contributed by atoms with Crippen LogP contribution >= 0.6 is 0 Å². The van der Waals surface area contributed by atoms with E-state index >= 15 is 0 Å². The molecule has 1 aromatic rings. The summed E-state index contributed by atoms with van der Waals surface area (Å²) in [4.78, 5) is 8.03. The molecule has 11 heavy (non-hydrogen) atoms. The fraction of sp³-hybridized carbons (Fsp3) is 0.333. The summed E-state index contributed by atoms with van der Waals surface area (Å²) in [6, 6.07) is 1.72. The number of nitrogens with one attached hydrogen (secondary N) is 1. The molecule has 0 fully saturated rings. The number of rotatable bonds is 2. The van der Waals surface area contributed by atoms with Crippen LogP contribution in [0.25, 0.3) is 0 Å². The molecule has 1 N–H and O–H groups in total. The van der Waals surface area contributed by atoms with Crippen LogP contribution in [0, 0.1) is 13.8 Å². The van der Waals surface area contributed by atoms with Gasteiger partial charge < -0.3 is 0 Å². The van der Waals surface area contributed by atoms with Gasteiger partial charge >= 0.3 is 11.9 Å². The Kier molecular flexibility index (Phi) is 2.43. The van der Waals surface area contributed by atoms with Crippen LogP contribution in [0.2, 0.25) is 0 Å². The highest BCUT2D eigenvalue weighted by atomic mass is 32.2. The Hall–Kier alpha value is -1.10. The van der Waals surface area contributed by atoms with E-state index in [4.69, 9.17) is 0 Å². The second kappa shape index (κ2) is 3.34. The van der Waals surface area contributed by atoms with E-state index in [1.165, 1.54) is 0 Å². The van der Waals surface area contributed by atoms with Crippen molar-refractivity contribution in [3.05, 3.63) is 17.6 Å². The molecule has 0 aliphatic rings. The van der Waals surface area contributed by atoms with Crippen molar-refractivity contribution in [3.63, 3.8) is 0 Å². The molecule has 0 saturated carbocycles. The highest BCUT2D eigenvalue weighted by Gasteiger charge is 2.02. The van der Waals surface area contributed by atoms with Crippen molar-refractivity contribution >= 4 is 17.7 Å². The molecule has 0 aromatic carbocycles. The average Bonchev–Trinajstić information content (AvgIpc) is 1.85. The van der Waals surface area contributed by atoms with Gasteiger partial charge in [0.15, 0.2) is 5.82 Å². The average molecular weight is 170 g/mol. The summed E-state index contributed by atoms with van der Waals surface area (Å²) < 4.78 is 12.6. The molecule has 0 aliphatic heterocycles. The second-order valence-electron chi connectivity index (χ2n) is 2.13. The lowest BCUT2D eigenvalue weighted by Crippen LogP contribution is -1.97. The van der Waals surface area contributed by atoms with Crippen LogP contribution < -0.4 is 4.72 Å². The first-order chi connectivity index (χ1) is 5.22. The summed E-state index contributed by atoms with van der Waals surface area (Å²) in [5.41, 5.74) is 0.856. The molecule has 4 nitrogen and oxygen atoms in total. The fourth-order valence-electron chi connectivity index (χ4n) is 0.812. The van der Waals surface area contributed by atoms with Crippen LogP contribution in [0.5, 0.6) is 0 Å². The Balaban J connectivity index is 2.98. The Bertz CT molecular complexity index is 256. The maximum absolute atomic E-state index is 10.1. The van der Waals surface area contributed by atoms with Crippen molar-refractivity contribution in [2.45, 2.75) is 13.8 Å². The predicted molar refractivity (Wildman–Crippen MR) is 43.2 cm³/mol. The summed E-state index contributed by atoms with van der Waals surface area (Å²) in [6.07, 6.45) is 0. The monoisotopic (exact) mass is 170 g/mol. The number of hydrogen-bond acceptors (Lipinski definition) is 3. The predicted octanol–water partition coefficient (Wildman–Crippen LogP) is 0.848. The molecule has 1 heterocycles. The molecule has 0 spiro atoms. The maximum atomic E-state index is 10.1. The first-order valence-corrected chi connectivity index (χ1v) is 3.83. The first-order valence-electron chi connectivity index (χ1n) is 3.09. The van der Waals surface area contributed by atoms with Gasteiger partial charge in [-0.05, 0) is 13.8 Å². The molecule has 0 amide bonds. The summed E-state index contributed by atoms with van der Waals surface area (Å²) in [7, 11) is 0. The summed E-state index contributed by atoms with van der Waals surface area (Å²) in [5.74, 6) is 1.23. The highest BCUT2D eigenvalue weighted by Crippen LogP contribution is 2.03. The third kappa shape index (κ3) is 2.19. The second-order valence-corrected chi connectivity index (χ2v) is 2.50. The van der Waals surface area contributed by atoms with Crippen molar-refractivity contribution in [2.24, 2.45) is 0 Å². The zero-order valence-corrected chi connectivity index (χ0v) is 7.10. The molecular formula is C6H8N3OS+. The van der Waals surface area contributed by atoms with E-state index in [1.54, 1.807) is 13.0 Å². The molecule has 0 radical (unpaired) electrons. The standard InChI is InChI=1S/C6H8N3OS/c1-4-3-6(9-11-10)8-5(2)7-4/h3H,1-2H3,(H,7,8,9,10)/q+1. The lowest BCUT2D eigenvalue weighted by atomic mass is 10.4.